The van der Waals surface area contributed by atoms with Crippen LogP contribution in [0, 0.1) is 35.5 Å². The molecular weight excluding hydrogens is 196 g/mol. The van der Waals surface area contributed by atoms with Gasteiger partial charge < -0.3 is 19.8 Å². The Bertz CT molecular complexity index is 282. The summed E-state index contributed by atoms with van der Waals surface area (Å²) in [6.07, 6.45) is 0.694. The summed E-state index contributed by atoms with van der Waals surface area (Å²) in [5, 5.41) is 21.9. The maximum Gasteiger partial charge on any atom is 0.0454 e. The van der Waals surface area contributed by atoms with E-state index in [2.05, 4.69) is 0 Å². The number of carbonyl (C=O) groups excluding carboxylic acids is 2. The van der Waals surface area contributed by atoms with Gasteiger partial charge in [0, 0.05) is 23.8 Å². The van der Waals surface area contributed by atoms with Gasteiger partial charge in [-0.25, -0.2) is 0 Å². The Hall–Kier alpha value is -1.06. The molecule has 0 heterocycles. The molecule has 2 aliphatic rings. The van der Waals surface area contributed by atoms with Crippen LogP contribution in [0.2, 0.25) is 0 Å². The van der Waals surface area contributed by atoms with E-state index in [4.69, 9.17) is 0 Å². The van der Waals surface area contributed by atoms with E-state index in [-0.39, 0.29) is 23.7 Å². The van der Waals surface area contributed by atoms with Crippen LogP contribution in [0.25, 0.3) is 0 Å². The number of fused-ring (bicyclic) bond motifs is 2. The largest absolute Gasteiger partial charge is 0.550 e. The highest BCUT2D eigenvalue weighted by atomic mass is 16.4. The lowest BCUT2D eigenvalue weighted by atomic mass is 9.69. The molecule has 2 fully saturated rings. The Kier molecular flexibility index (Phi) is 2.24. The molecule has 2 rings (SSSR count). The summed E-state index contributed by atoms with van der Waals surface area (Å²) >= 11 is 0. The van der Waals surface area contributed by atoms with Crippen LogP contribution in [0.1, 0.15) is 20.3 Å². The molecule has 6 unspecified atom stereocenters. The number of carbonyl (C=O) groups is 2. The molecule has 4 nitrogen and oxygen atoms in total. The van der Waals surface area contributed by atoms with Gasteiger partial charge in [-0.2, -0.15) is 0 Å². The highest BCUT2D eigenvalue weighted by Crippen LogP contribution is 2.57. The van der Waals surface area contributed by atoms with Crippen molar-refractivity contribution in [1.82, 2.24) is 0 Å². The van der Waals surface area contributed by atoms with Gasteiger partial charge in [-0.3, -0.25) is 0 Å². The molecule has 2 saturated carbocycles. The molecule has 0 aromatic carbocycles. The minimum atomic E-state index is -1.23. The third-order valence-corrected chi connectivity index (χ3v) is 4.58. The summed E-state index contributed by atoms with van der Waals surface area (Å²) in [6, 6.07) is 0. The summed E-state index contributed by atoms with van der Waals surface area (Å²) in [5.41, 5.74) is 0. The van der Waals surface area contributed by atoms with Crippen molar-refractivity contribution in [1.29, 1.82) is 0 Å². The molecule has 0 N–H and O–H groups in total. The summed E-state index contributed by atoms with van der Waals surface area (Å²) in [6.45, 7) is 3.99. The van der Waals surface area contributed by atoms with Crippen molar-refractivity contribution in [2.24, 2.45) is 35.5 Å². The van der Waals surface area contributed by atoms with Gasteiger partial charge in [-0.15, -0.1) is 0 Å². The van der Waals surface area contributed by atoms with Gasteiger partial charge in [0.15, 0.2) is 0 Å². The topological polar surface area (TPSA) is 80.3 Å². The molecule has 0 saturated heterocycles. The van der Waals surface area contributed by atoms with E-state index >= 15 is 0 Å². The first-order valence-electron chi connectivity index (χ1n) is 5.37. The summed E-state index contributed by atoms with van der Waals surface area (Å²) in [7, 11) is 0. The van der Waals surface area contributed by atoms with Gasteiger partial charge in [0.05, 0.1) is 0 Å². The highest BCUT2D eigenvalue weighted by molar-refractivity contribution is 5.79. The fourth-order valence-electron chi connectivity index (χ4n) is 3.65. The lowest BCUT2D eigenvalue weighted by molar-refractivity contribution is -0.330. The molecule has 15 heavy (non-hydrogen) atoms. The van der Waals surface area contributed by atoms with Crippen LogP contribution in [-0.2, 0) is 9.59 Å². The molecule has 84 valence electrons. The fraction of sp³-hybridized carbons (Fsp3) is 0.818. The van der Waals surface area contributed by atoms with Crippen LogP contribution in [-0.4, -0.2) is 11.9 Å². The van der Waals surface area contributed by atoms with Crippen molar-refractivity contribution in [2.45, 2.75) is 20.3 Å². The maximum atomic E-state index is 11.0. The van der Waals surface area contributed by atoms with Crippen molar-refractivity contribution in [3.63, 3.8) is 0 Å². The monoisotopic (exact) mass is 210 g/mol. The van der Waals surface area contributed by atoms with Crippen LogP contribution >= 0.6 is 0 Å². The third kappa shape index (κ3) is 1.27. The van der Waals surface area contributed by atoms with E-state index in [1.54, 1.807) is 0 Å². The number of carboxylic acid groups (broad SMARTS) is 2. The van der Waals surface area contributed by atoms with Crippen LogP contribution < -0.4 is 10.2 Å². The van der Waals surface area contributed by atoms with Crippen molar-refractivity contribution in [3.8, 4) is 0 Å². The van der Waals surface area contributed by atoms with Crippen LogP contribution in [0.4, 0.5) is 0 Å². The van der Waals surface area contributed by atoms with Gasteiger partial charge in [-0.1, -0.05) is 13.8 Å². The average Bonchev–Trinajstić information content (AvgIpc) is 2.64. The van der Waals surface area contributed by atoms with Gasteiger partial charge in [-0.05, 0) is 30.1 Å². The maximum absolute atomic E-state index is 11.0. The zero-order valence-corrected chi connectivity index (χ0v) is 8.80. The van der Waals surface area contributed by atoms with Gasteiger partial charge in [0.1, 0.15) is 0 Å². The van der Waals surface area contributed by atoms with E-state index in [1.807, 2.05) is 13.8 Å². The smallest absolute Gasteiger partial charge is 0.0454 e. The Morgan fingerprint density at radius 1 is 0.933 bits per heavy atom. The molecule has 0 amide bonds. The number of rotatable bonds is 2. The first-order valence-corrected chi connectivity index (χ1v) is 5.37. The van der Waals surface area contributed by atoms with E-state index in [9.17, 15) is 19.8 Å². The molecule has 0 aromatic rings. The molecule has 2 bridgehead atoms. The summed E-state index contributed by atoms with van der Waals surface area (Å²) < 4.78 is 0. The lowest BCUT2D eigenvalue weighted by Crippen LogP contribution is -2.49. The van der Waals surface area contributed by atoms with Crippen molar-refractivity contribution >= 4 is 11.9 Å². The molecule has 4 heteroatoms. The SMILES string of the molecule is CC1C(C)C2CC1C(C(=O)[O-])C2C(=O)[O-]. The Morgan fingerprint density at radius 3 is 1.53 bits per heavy atom. The zero-order chi connectivity index (χ0) is 11.3. The first-order chi connectivity index (χ1) is 6.95. The first kappa shape index (κ1) is 10.5. The normalized spacial score (nSPS) is 48.1. The van der Waals surface area contributed by atoms with Gasteiger partial charge >= 0.3 is 0 Å². The molecule has 0 radical (unpaired) electrons. The van der Waals surface area contributed by atoms with E-state index < -0.39 is 23.8 Å². The predicted molar refractivity (Wildman–Crippen MR) is 46.9 cm³/mol. The Balaban J connectivity index is 2.32. The van der Waals surface area contributed by atoms with Gasteiger partial charge in [0.25, 0.3) is 0 Å². The van der Waals surface area contributed by atoms with E-state index in [0.29, 0.717) is 6.42 Å². The number of hydrogen-bond donors (Lipinski definition) is 0. The van der Waals surface area contributed by atoms with Crippen LogP contribution in [0.5, 0.6) is 0 Å². The number of hydrogen-bond acceptors (Lipinski definition) is 4. The Labute approximate surface area is 88.3 Å². The Morgan fingerprint density at radius 2 is 1.27 bits per heavy atom. The second-order valence-corrected chi connectivity index (χ2v) is 4.97. The minimum Gasteiger partial charge on any atom is -0.550 e. The minimum absolute atomic E-state index is 0.0436. The molecule has 0 aromatic heterocycles. The standard InChI is InChI=1S/C11H16O4/c1-4-5(2)7-3-6(4)8(10(12)13)9(7)11(14)15/h4-9H,3H2,1-2H3,(H,12,13)(H,14,15)/p-2. The van der Waals surface area contributed by atoms with Crippen molar-refractivity contribution in [2.75, 3.05) is 0 Å². The molecule has 0 aliphatic heterocycles. The summed E-state index contributed by atoms with van der Waals surface area (Å²) in [5.74, 6) is -3.68. The second-order valence-electron chi connectivity index (χ2n) is 4.97. The van der Waals surface area contributed by atoms with Crippen LogP contribution in [0.3, 0.4) is 0 Å². The van der Waals surface area contributed by atoms with Crippen LogP contribution in [0.15, 0.2) is 0 Å². The van der Waals surface area contributed by atoms with E-state index in [0.717, 1.165) is 0 Å². The molecule has 2 aliphatic carbocycles. The lowest BCUT2D eigenvalue weighted by Gasteiger charge is -2.39. The highest BCUT2D eigenvalue weighted by Gasteiger charge is 2.55. The predicted octanol–water partition coefficient (Wildman–Crippen LogP) is -1.36. The number of aliphatic carboxylic acids is 2. The molecular formula is C11H14O4-2. The molecule has 6 atom stereocenters. The fourth-order valence-corrected chi connectivity index (χ4v) is 3.65. The zero-order valence-electron chi connectivity index (χ0n) is 8.80. The summed E-state index contributed by atoms with van der Waals surface area (Å²) in [4.78, 5) is 21.9. The number of carboxylic acids is 2. The molecule has 0 spiro atoms. The van der Waals surface area contributed by atoms with E-state index in [1.165, 1.54) is 0 Å². The van der Waals surface area contributed by atoms with Gasteiger partial charge in [0.2, 0.25) is 0 Å². The quantitative estimate of drug-likeness (QED) is 0.563. The van der Waals surface area contributed by atoms with Crippen molar-refractivity contribution in [3.05, 3.63) is 0 Å². The average molecular weight is 210 g/mol. The third-order valence-electron chi connectivity index (χ3n) is 4.58. The second kappa shape index (κ2) is 3.22. The van der Waals surface area contributed by atoms with Crippen molar-refractivity contribution < 1.29 is 19.8 Å².